The molecule has 2 aromatic carbocycles. The highest BCUT2D eigenvalue weighted by Crippen LogP contribution is 2.30. The Morgan fingerprint density at radius 1 is 1.13 bits per heavy atom. The Balaban J connectivity index is 1.81. The van der Waals surface area contributed by atoms with Gasteiger partial charge in [-0.1, -0.05) is 47.5 Å². The van der Waals surface area contributed by atoms with Gasteiger partial charge in [0.2, 0.25) is 0 Å². The number of aromatic nitrogens is 1. The van der Waals surface area contributed by atoms with E-state index < -0.39 is 0 Å². The Labute approximate surface area is 147 Å². The number of aryl methyl sites for hydroxylation is 1. The SMILES string of the molecule is Cc1ccccc1C(=O)Nc1nc(-c2ccc(Cl)c(Cl)c2)cs1. The highest BCUT2D eigenvalue weighted by atomic mass is 35.5. The second-order valence-corrected chi connectivity index (χ2v) is 6.61. The molecule has 0 saturated carbocycles. The zero-order valence-corrected chi connectivity index (χ0v) is 14.5. The zero-order chi connectivity index (χ0) is 16.4. The summed E-state index contributed by atoms with van der Waals surface area (Å²) in [5, 5.41) is 6.21. The van der Waals surface area contributed by atoms with Crippen LogP contribution in [0.15, 0.2) is 47.8 Å². The van der Waals surface area contributed by atoms with Crippen molar-refractivity contribution in [2.24, 2.45) is 0 Å². The van der Waals surface area contributed by atoms with Crippen LogP contribution in [0.1, 0.15) is 15.9 Å². The van der Waals surface area contributed by atoms with E-state index in [9.17, 15) is 4.79 Å². The summed E-state index contributed by atoms with van der Waals surface area (Å²) in [6.07, 6.45) is 0. The number of halogens is 2. The second-order valence-electron chi connectivity index (χ2n) is 4.94. The maximum Gasteiger partial charge on any atom is 0.257 e. The third-order valence-corrected chi connectivity index (χ3v) is 4.83. The lowest BCUT2D eigenvalue weighted by Gasteiger charge is -2.04. The van der Waals surface area contributed by atoms with Crippen molar-refractivity contribution in [2.45, 2.75) is 6.92 Å². The number of carbonyl (C=O) groups excluding carboxylic acids is 1. The summed E-state index contributed by atoms with van der Waals surface area (Å²) in [7, 11) is 0. The molecule has 0 aliphatic heterocycles. The quantitative estimate of drug-likeness (QED) is 0.651. The van der Waals surface area contributed by atoms with Gasteiger partial charge in [-0.3, -0.25) is 10.1 Å². The van der Waals surface area contributed by atoms with Gasteiger partial charge in [-0.15, -0.1) is 11.3 Å². The summed E-state index contributed by atoms with van der Waals surface area (Å²) in [5.74, 6) is -0.168. The van der Waals surface area contributed by atoms with Crippen molar-refractivity contribution in [1.82, 2.24) is 4.98 Å². The smallest absolute Gasteiger partial charge is 0.257 e. The molecule has 3 rings (SSSR count). The fourth-order valence-electron chi connectivity index (χ4n) is 2.11. The van der Waals surface area contributed by atoms with Crippen LogP contribution in [0.25, 0.3) is 11.3 Å². The number of thiazole rings is 1. The highest BCUT2D eigenvalue weighted by Gasteiger charge is 2.12. The summed E-state index contributed by atoms with van der Waals surface area (Å²) in [4.78, 5) is 16.7. The monoisotopic (exact) mass is 362 g/mol. The minimum atomic E-state index is -0.168. The average molecular weight is 363 g/mol. The molecule has 6 heteroatoms. The predicted molar refractivity (Wildman–Crippen MR) is 96.7 cm³/mol. The number of nitrogens with one attached hydrogen (secondary N) is 1. The Morgan fingerprint density at radius 2 is 1.91 bits per heavy atom. The molecule has 0 radical (unpaired) electrons. The van der Waals surface area contributed by atoms with E-state index in [0.717, 1.165) is 16.8 Å². The molecule has 23 heavy (non-hydrogen) atoms. The van der Waals surface area contributed by atoms with E-state index in [-0.39, 0.29) is 5.91 Å². The van der Waals surface area contributed by atoms with Gasteiger partial charge in [0.15, 0.2) is 5.13 Å². The van der Waals surface area contributed by atoms with Gasteiger partial charge < -0.3 is 0 Å². The molecule has 0 fully saturated rings. The van der Waals surface area contributed by atoms with Crippen molar-refractivity contribution in [3.8, 4) is 11.3 Å². The van der Waals surface area contributed by atoms with Crippen molar-refractivity contribution < 1.29 is 4.79 Å². The fraction of sp³-hybridized carbons (Fsp3) is 0.0588. The number of carbonyl (C=O) groups is 1. The molecule has 3 nitrogen and oxygen atoms in total. The Morgan fingerprint density at radius 3 is 2.65 bits per heavy atom. The molecule has 0 unspecified atom stereocenters. The minimum absolute atomic E-state index is 0.168. The van der Waals surface area contributed by atoms with Gasteiger partial charge in [0.25, 0.3) is 5.91 Å². The Hall–Kier alpha value is -1.88. The van der Waals surface area contributed by atoms with E-state index in [1.165, 1.54) is 11.3 Å². The van der Waals surface area contributed by atoms with Crippen LogP contribution >= 0.6 is 34.5 Å². The summed E-state index contributed by atoms with van der Waals surface area (Å²) in [5.41, 5.74) is 3.16. The Kier molecular flexibility index (Phi) is 4.66. The molecular formula is C17H12Cl2N2OS. The molecular weight excluding hydrogens is 351 g/mol. The van der Waals surface area contributed by atoms with Gasteiger partial charge in [-0.2, -0.15) is 0 Å². The zero-order valence-electron chi connectivity index (χ0n) is 12.1. The van der Waals surface area contributed by atoms with Gasteiger partial charge in [0.05, 0.1) is 15.7 Å². The van der Waals surface area contributed by atoms with Crippen molar-refractivity contribution in [2.75, 3.05) is 5.32 Å². The standard InChI is InChI=1S/C17H12Cl2N2OS/c1-10-4-2-3-5-12(10)16(22)21-17-20-15(9-23-17)11-6-7-13(18)14(19)8-11/h2-9H,1H3,(H,20,21,22). The topological polar surface area (TPSA) is 42.0 Å². The molecule has 0 atom stereocenters. The number of hydrogen-bond donors (Lipinski definition) is 1. The van der Waals surface area contributed by atoms with Crippen LogP contribution in [0.3, 0.4) is 0 Å². The summed E-state index contributed by atoms with van der Waals surface area (Å²) >= 11 is 13.3. The van der Waals surface area contributed by atoms with Crippen LogP contribution in [0.2, 0.25) is 10.0 Å². The fourth-order valence-corrected chi connectivity index (χ4v) is 3.12. The number of benzene rings is 2. The second kappa shape index (κ2) is 6.71. The minimum Gasteiger partial charge on any atom is -0.298 e. The first-order valence-electron chi connectivity index (χ1n) is 6.82. The molecule has 0 aliphatic carbocycles. The van der Waals surface area contributed by atoms with Crippen molar-refractivity contribution in [3.05, 3.63) is 69.0 Å². The molecule has 0 saturated heterocycles. The summed E-state index contributed by atoms with van der Waals surface area (Å²) in [6.45, 7) is 1.90. The molecule has 1 N–H and O–H groups in total. The number of nitrogens with zero attached hydrogens (tertiary/aromatic N) is 1. The normalized spacial score (nSPS) is 10.6. The van der Waals surface area contributed by atoms with Gasteiger partial charge in [-0.05, 0) is 30.7 Å². The molecule has 1 aromatic heterocycles. The van der Waals surface area contributed by atoms with E-state index in [0.29, 0.717) is 20.7 Å². The van der Waals surface area contributed by atoms with E-state index in [1.54, 1.807) is 18.2 Å². The molecule has 0 bridgehead atoms. The molecule has 0 aliphatic rings. The van der Waals surface area contributed by atoms with E-state index in [2.05, 4.69) is 10.3 Å². The largest absolute Gasteiger partial charge is 0.298 e. The highest BCUT2D eigenvalue weighted by molar-refractivity contribution is 7.14. The summed E-state index contributed by atoms with van der Waals surface area (Å²) in [6, 6.07) is 12.8. The third-order valence-electron chi connectivity index (χ3n) is 3.33. The number of rotatable bonds is 3. The molecule has 0 spiro atoms. The maximum atomic E-state index is 12.3. The van der Waals surface area contributed by atoms with Gasteiger partial charge >= 0.3 is 0 Å². The lowest BCUT2D eigenvalue weighted by atomic mass is 10.1. The maximum absolute atomic E-state index is 12.3. The van der Waals surface area contributed by atoms with Crippen LogP contribution < -0.4 is 5.32 Å². The van der Waals surface area contributed by atoms with Gasteiger partial charge in [0.1, 0.15) is 0 Å². The molecule has 116 valence electrons. The van der Waals surface area contributed by atoms with Crippen molar-refractivity contribution in [3.63, 3.8) is 0 Å². The molecule has 1 heterocycles. The first-order valence-corrected chi connectivity index (χ1v) is 8.46. The van der Waals surface area contributed by atoms with E-state index in [4.69, 9.17) is 23.2 Å². The summed E-state index contributed by atoms with van der Waals surface area (Å²) < 4.78 is 0. The lowest BCUT2D eigenvalue weighted by Crippen LogP contribution is -2.12. The van der Waals surface area contributed by atoms with Crippen molar-refractivity contribution >= 4 is 45.6 Å². The molecule has 1 amide bonds. The average Bonchev–Trinajstić information content (AvgIpc) is 2.99. The van der Waals surface area contributed by atoms with Crippen molar-refractivity contribution in [1.29, 1.82) is 0 Å². The van der Waals surface area contributed by atoms with Crippen LogP contribution in [0.5, 0.6) is 0 Å². The first kappa shape index (κ1) is 16.0. The van der Waals surface area contributed by atoms with Crippen LogP contribution in [0, 0.1) is 6.92 Å². The van der Waals surface area contributed by atoms with Crippen LogP contribution in [-0.4, -0.2) is 10.9 Å². The molecule has 3 aromatic rings. The predicted octanol–water partition coefficient (Wildman–Crippen LogP) is 5.68. The number of hydrogen-bond acceptors (Lipinski definition) is 3. The van der Waals surface area contributed by atoms with Crippen LogP contribution in [-0.2, 0) is 0 Å². The van der Waals surface area contributed by atoms with E-state index >= 15 is 0 Å². The van der Waals surface area contributed by atoms with E-state index in [1.807, 2.05) is 36.6 Å². The van der Waals surface area contributed by atoms with Gasteiger partial charge in [0, 0.05) is 16.5 Å². The number of amides is 1. The number of anilines is 1. The lowest BCUT2D eigenvalue weighted by molar-refractivity contribution is 0.102. The van der Waals surface area contributed by atoms with Crippen LogP contribution in [0.4, 0.5) is 5.13 Å². The Bertz CT molecular complexity index is 877. The van der Waals surface area contributed by atoms with Gasteiger partial charge in [-0.25, -0.2) is 4.98 Å². The first-order chi connectivity index (χ1) is 11.0. The third kappa shape index (κ3) is 3.55.